The summed E-state index contributed by atoms with van der Waals surface area (Å²) in [7, 11) is 2.02. The number of aryl methyl sites for hydroxylation is 1. The summed E-state index contributed by atoms with van der Waals surface area (Å²) in [6, 6.07) is 7.07. The maximum atomic E-state index is 14.8. The van der Waals surface area contributed by atoms with Crippen molar-refractivity contribution in [2.45, 2.75) is 19.6 Å². The Bertz CT molecular complexity index is 1460. The number of halogens is 6. The third-order valence-electron chi connectivity index (χ3n) is 6.44. The Labute approximate surface area is 230 Å². The van der Waals surface area contributed by atoms with E-state index in [1.54, 1.807) is 13.0 Å². The van der Waals surface area contributed by atoms with Crippen LogP contribution in [0.25, 0.3) is 11.3 Å². The number of aromatic nitrogens is 2. The van der Waals surface area contributed by atoms with Gasteiger partial charge in [-0.1, -0.05) is 6.07 Å². The molecule has 0 atom stereocenters. The Morgan fingerprint density at radius 2 is 1.61 bits per heavy atom. The second kappa shape index (κ2) is 11.6. The number of urea groups is 1. The van der Waals surface area contributed by atoms with Crippen LogP contribution in [0.2, 0.25) is 0 Å². The van der Waals surface area contributed by atoms with Crippen molar-refractivity contribution in [1.29, 1.82) is 0 Å². The number of carbonyl (C=O) groups excluding carboxylic acids is 1. The number of para-hydroxylation sites is 1. The van der Waals surface area contributed by atoms with Crippen LogP contribution < -0.4 is 15.1 Å². The molecule has 0 spiro atoms. The van der Waals surface area contributed by atoms with Crippen molar-refractivity contribution in [3.63, 3.8) is 0 Å². The number of hydrogen-bond acceptors (Lipinski definition) is 6. The number of amides is 2. The lowest BCUT2D eigenvalue weighted by Crippen LogP contribution is -2.46. The van der Waals surface area contributed by atoms with Crippen LogP contribution in [-0.4, -0.2) is 71.4 Å². The van der Waals surface area contributed by atoms with Crippen molar-refractivity contribution in [2.75, 3.05) is 43.0 Å². The Kier molecular flexibility index (Phi) is 8.37. The van der Waals surface area contributed by atoms with Crippen LogP contribution in [0.15, 0.2) is 36.4 Å². The summed E-state index contributed by atoms with van der Waals surface area (Å²) in [6.07, 6.45) is -5.08. The molecule has 2 aliphatic rings. The summed E-state index contributed by atoms with van der Waals surface area (Å²) in [5.74, 6) is -4.46. The van der Waals surface area contributed by atoms with E-state index < -0.39 is 35.5 Å². The van der Waals surface area contributed by atoms with Gasteiger partial charge in [0.2, 0.25) is 5.95 Å². The minimum absolute atomic E-state index is 0.0654. The van der Waals surface area contributed by atoms with Gasteiger partial charge in [-0.15, -0.1) is 0 Å². The first-order chi connectivity index (χ1) is 19.3. The zero-order valence-corrected chi connectivity index (χ0v) is 21.8. The van der Waals surface area contributed by atoms with Crippen molar-refractivity contribution in [3.8, 4) is 11.3 Å². The Hall–Kier alpha value is -4.40. The standard InChI is InChI=1S/C24H23F3N6O.C2HF3O2/c1-14-12-15(25)6-7-16(14)20-17-13-28-24(34)33(21-18(26)4-3-5-19(21)27)22(17)30-23(29-20)32-10-8-31(2)9-11-32;3-2(4,5)1(6)7/h3-7,12H,8-11,13H2,1-2H3,(H,28,34);(H,6,7). The third kappa shape index (κ3) is 6.34. The lowest BCUT2D eigenvalue weighted by Gasteiger charge is -2.35. The number of aliphatic carboxylic acids is 1. The largest absolute Gasteiger partial charge is 0.490 e. The maximum absolute atomic E-state index is 14.8. The number of benzene rings is 2. The average molecular weight is 583 g/mol. The highest BCUT2D eigenvalue weighted by molar-refractivity contribution is 6.02. The SMILES string of the molecule is Cc1cc(F)ccc1-c1nc(N2CCN(C)CC2)nc2c1CNC(=O)N2c1c(F)cccc1F.O=C(O)C(F)(F)F. The highest BCUT2D eigenvalue weighted by Gasteiger charge is 2.38. The first-order valence-electron chi connectivity index (χ1n) is 12.2. The zero-order chi connectivity index (χ0) is 30.1. The van der Waals surface area contributed by atoms with Crippen LogP contribution in [-0.2, 0) is 11.3 Å². The molecule has 1 aromatic heterocycles. The molecule has 0 unspecified atom stereocenters. The summed E-state index contributed by atoms with van der Waals surface area (Å²) < 4.78 is 75.1. The minimum Gasteiger partial charge on any atom is -0.475 e. The van der Waals surface area contributed by atoms with Crippen molar-refractivity contribution < 1.29 is 41.0 Å². The molecule has 2 aliphatic heterocycles. The van der Waals surface area contributed by atoms with Gasteiger partial charge in [0, 0.05) is 37.3 Å². The summed E-state index contributed by atoms with van der Waals surface area (Å²) in [4.78, 5) is 36.3. The van der Waals surface area contributed by atoms with Crippen LogP contribution in [0.4, 0.5) is 48.6 Å². The van der Waals surface area contributed by atoms with Gasteiger partial charge in [-0.3, -0.25) is 0 Å². The molecule has 218 valence electrons. The number of carboxylic acid groups (broad SMARTS) is 1. The fraction of sp³-hybridized carbons (Fsp3) is 0.308. The first kappa shape index (κ1) is 29.6. The van der Waals surface area contributed by atoms with Gasteiger partial charge in [0.05, 0.1) is 12.2 Å². The van der Waals surface area contributed by atoms with Gasteiger partial charge in [-0.2, -0.15) is 18.2 Å². The van der Waals surface area contributed by atoms with Crippen LogP contribution >= 0.6 is 0 Å². The molecule has 2 aromatic carbocycles. The quantitative estimate of drug-likeness (QED) is 0.435. The average Bonchev–Trinajstić information content (AvgIpc) is 2.89. The van der Waals surface area contributed by atoms with E-state index in [0.717, 1.165) is 30.1 Å². The number of carboxylic acids is 1. The van der Waals surface area contributed by atoms with Gasteiger partial charge in [-0.25, -0.2) is 32.6 Å². The summed E-state index contributed by atoms with van der Waals surface area (Å²) in [5.41, 5.74) is 1.77. The fourth-order valence-corrected chi connectivity index (χ4v) is 4.32. The van der Waals surface area contributed by atoms with Crippen molar-refractivity contribution in [2.24, 2.45) is 0 Å². The van der Waals surface area contributed by atoms with Gasteiger partial charge in [0.25, 0.3) is 0 Å². The van der Waals surface area contributed by atoms with Crippen molar-refractivity contribution in [1.82, 2.24) is 20.2 Å². The first-order valence-corrected chi connectivity index (χ1v) is 12.2. The maximum Gasteiger partial charge on any atom is 0.490 e. The second-order valence-electron chi connectivity index (χ2n) is 9.29. The molecule has 0 radical (unpaired) electrons. The van der Waals surface area contributed by atoms with Crippen LogP contribution in [0, 0.1) is 24.4 Å². The van der Waals surface area contributed by atoms with Crippen LogP contribution in [0.3, 0.4) is 0 Å². The predicted octanol–water partition coefficient (Wildman–Crippen LogP) is 4.62. The Morgan fingerprint density at radius 1 is 1.00 bits per heavy atom. The Balaban J connectivity index is 0.000000493. The number of fused-ring (bicyclic) bond motifs is 1. The molecule has 0 aliphatic carbocycles. The van der Waals surface area contributed by atoms with E-state index in [1.807, 2.05) is 11.9 Å². The molecule has 5 rings (SSSR count). The molecular formula is C26H24F6N6O3. The van der Waals surface area contributed by atoms with Gasteiger partial charge in [0.15, 0.2) is 5.82 Å². The topological polar surface area (TPSA) is 102 Å². The number of alkyl halides is 3. The molecule has 2 amide bonds. The summed E-state index contributed by atoms with van der Waals surface area (Å²) in [6.45, 7) is 4.71. The molecule has 0 saturated carbocycles. The smallest absolute Gasteiger partial charge is 0.475 e. The molecule has 0 bridgehead atoms. The molecule has 1 fully saturated rings. The van der Waals surface area contributed by atoms with Crippen LogP contribution in [0.5, 0.6) is 0 Å². The molecule has 2 N–H and O–H groups in total. The van der Waals surface area contributed by atoms with E-state index >= 15 is 0 Å². The van der Waals surface area contributed by atoms with E-state index in [-0.39, 0.29) is 18.2 Å². The van der Waals surface area contributed by atoms with E-state index in [4.69, 9.17) is 14.9 Å². The number of likely N-dealkylation sites (N-methyl/N-ethyl adjacent to an activating group) is 1. The highest BCUT2D eigenvalue weighted by Crippen LogP contribution is 2.39. The number of anilines is 3. The highest BCUT2D eigenvalue weighted by atomic mass is 19.4. The van der Waals surface area contributed by atoms with E-state index in [1.165, 1.54) is 18.2 Å². The number of nitrogens with zero attached hydrogens (tertiary/aromatic N) is 5. The monoisotopic (exact) mass is 582 g/mol. The molecule has 41 heavy (non-hydrogen) atoms. The molecule has 1 saturated heterocycles. The van der Waals surface area contributed by atoms with Crippen molar-refractivity contribution >= 4 is 29.5 Å². The number of hydrogen-bond donors (Lipinski definition) is 2. The van der Waals surface area contributed by atoms with E-state index in [9.17, 15) is 31.1 Å². The van der Waals surface area contributed by atoms with E-state index in [0.29, 0.717) is 41.4 Å². The molecule has 3 heterocycles. The molecular weight excluding hydrogens is 558 g/mol. The van der Waals surface area contributed by atoms with E-state index in [2.05, 4.69) is 15.2 Å². The number of rotatable bonds is 3. The number of piperazine rings is 1. The molecule has 3 aromatic rings. The summed E-state index contributed by atoms with van der Waals surface area (Å²) in [5, 5.41) is 9.79. The Morgan fingerprint density at radius 3 is 2.17 bits per heavy atom. The van der Waals surface area contributed by atoms with Gasteiger partial charge >= 0.3 is 18.2 Å². The fourth-order valence-electron chi connectivity index (χ4n) is 4.32. The summed E-state index contributed by atoms with van der Waals surface area (Å²) >= 11 is 0. The van der Waals surface area contributed by atoms with Gasteiger partial charge < -0.3 is 20.2 Å². The normalized spacial score (nSPS) is 15.6. The van der Waals surface area contributed by atoms with Crippen molar-refractivity contribution in [3.05, 3.63) is 65.0 Å². The predicted molar refractivity (Wildman–Crippen MR) is 136 cm³/mol. The van der Waals surface area contributed by atoms with Gasteiger partial charge in [0.1, 0.15) is 23.1 Å². The second-order valence-corrected chi connectivity index (χ2v) is 9.29. The minimum atomic E-state index is -5.08. The third-order valence-corrected chi connectivity index (χ3v) is 6.44. The molecule has 15 heteroatoms. The zero-order valence-electron chi connectivity index (χ0n) is 21.8. The lowest BCUT2D eigenvalue weighted by atomic mass is 10.00. The molecule has 9 nitrogen and oxygen atoms in total. The van der Waals surface area contributed by atoms with Crippen LogP contribution in [0.1, 0.15) is 11.1 Å². The number of carbonyl (C=O) groups is 2. The lowest BCUT2D eigenvalue weighted by molar-refractivity contribution is -0.192. The number of nitrogens with one attached hydrogen (secondary N) is 1. The van der Waals surface area contributed by atoms with Gasteiger partial charge in [-0.05, 0) is 49.9 Å².